The molecule has 4 rings (SSSR count). The Labute approximate surface area is 153 Å². The van der Waals surface area contributed by atoms with Gasteiger partial charge in [0.15, 0.2) is 7.26 Å². The molecule has 0 N–H and O–H groups in total. The van der Waals surface area contributed by atoms with E-state index < -0.39 is 7.26 Å². The largest absolute Gasteiger partial charge is 0.305 e. The van der Waals surface area contributed by atoms with Gasteiger partial charge in [-0.3, -0.25) is 0 Å². The zero-order chi connectivity index (χ0) is 17.8. The van der Waals surface area contributed by atoms with Crippen LogP contribution in [-0.4, -0.2) is 26.9 Å². The van der Waals surface area contributed by atoms with E-state index in [1.165, 1.54) is 16.2 Å². The third-order valence-corrected chi connectivity index (χ3v) is 8.42. The Morgan fingerprint density at radius 2 is 1.23 bits per heavy atom. The number of benzene rings is 3. The molecule has 3 aromatic carbocycles. The Morgan fingerprint density at radius 1 is 0.731 bits per heavy atom. The van der Waals surface area contributed by atoms with E-state index in [0.717, 1.165) is 5.57 Å². The van der Waals surface area contributed by atoms with Gasteiger partial charge in [0, 0.05) is 0 Å². The van der Waals surface area contributed by atoms with Crippen molar-refractivity contribution in [3.63, 3.8) is 0 Å². The summed E-state index contributed by atoms with van der Waals surface area (Å²) in [6, 6.07) is 31.5. The molecule has 0 saturated carbocycles. The summed E-state index contributed by atoms with van der Waals surface area (Å²) in [5.41, 5.74) is 2.13. The summed E-state index contributed by atoms with van der Waals surface area (Å²) in [7, 11) is -1.93. The van der Waals surface area contributed by atoms with E-state index in [2.05, 4.69) is 82.9 Å². The van der Waals surface area contributed by atoms with Crippen molar-refractivity contribution in [2.24, 2.45) is 0 Å². The maximum Gasteiger partial charge on any atom is 0.305 e. The van der Waals surface area contributed by atoms with E-state index in [0.29, 0.717) is 6.54 Å². The van der Waals surface area contributed by atoms with Crippen molar-refractivity contribution in [2.45, 2.75) is 6.54 Å². The van der Waals surface area contributed by atoms with Crippen LogP contribution in [0.5, 0.6) is 0 Å². The first kappa shape index (κ1) is 16.6. The van der Waals surface area contributed by atoms with Crippen LogP contribution >= 0.6 is 7.26 Å². The first-order valence-electron chi connectivity index (χ1n) is 8.57. The number of hydrogen-bond acceptors (Lipinski definition) is 3. The highest BCUT2D eigenvalue weighted by molar-refractivity contribution is 7.94. The molecule has 0 aliphatic carbocycles. The summed E-state index contributed by atoms with van der Waals surface area (Å²) >= 11 is 0. The minimum atomic E-state index is -1.93. The standard InChI is InChI=1S/C21H20N4P/c1-26(19-13-7-3-8-14-19,20-15-9-4-10-16-20)21-22-23-24-25(21)17-18-11-5-2-6-12-18/h2-16H,17H2,1H3/q+1. The zero-order valence-corrected chi connectivity index (χ0v) is 15.5. The lowest BCUT2D eigenvalue weighted by atomic mass is 10.2. The van der Waals surface area contributed by atoms with Gasteiger partial charge in [0.05, 0.1) is 13.2 Å². The monoisotopic (exact) mass is 359 g/mol. The molecule has 0 unspecified atom stereocenters. The molecule has 0 aliphatic heterocycles. The van der Waals surface area contributed by atoms with Crippen molar-refractivity contribution in [1.82, 2.24) is 20.2 Å². The third kappa shape index (κ3) is 3.04. The van der Waals surface area contributed by atoms with Crippen LogP contribution in [0.15, 0.2) is 91.0 Å². The fourth-order valence-electron chi connectivity index (χ4n) is 3.21. The van der Waals surface area contributed by atoms with Gasteiger partial charge >= 0.3 is 5.57 Å². The first-order valence-corrected chi connectivity index (χ1v) is 10.8. The van der Waals surface area contributed by atoms with Crippen LogP contribution in [0.3, 0.4) is 0 Å². The van der Waals surface area contributed by atoms with Crippen LogP contribution in [0.25, 0.3) is 0 Å². The average molecular weight is 359 g/mol. The summed E-state index contributed by atoms with van der Waals surface area (Å²) in [5.74, 6) is 0. The maximum absolute atomic E-state index is 4.49. The molecular formula is C21H20N4P+. The second-order valence-corrected chi connectivity index (χ2v) is 9.74. The molecule has 0 aliphatic rings. The summed E-state index contributed by atoms with van der Waals surface area (Å²) < 4.78 is 1.95. The molecule has 1 heterocycles. The second-order valence-electron chi connectivity index (χ2n) is 6.30. The molecule has 0 amide bonds. The highest BCUT2D eigenvalue weighted by Gasteiger charge is 2.45. The minimum Gasteiger partial charge on any atom is -0.191 e. The third-order valence-electron chi connectivity index (χ3n) is 4.63. The summed E-state index contributed by atoms with van der Waals surface area (Å²) in [6.45, 7) is 2.96. The van der Waals surface area contributed by atoms with E-state index in [1.54, 1.807) is 0 Å². The fraction of sp³-hybridized carbons (Fsp3) is 0.0952. The van der Waals surface area contributed by atoms with E-state index in [4.69, 9.17) is 0 Å². The molecule has 1 aromatic heterocycles. The van der Waals surface area contributed by atoms with E-state index in [-0.39, 0.29) is 0 Å². The van der Waals surface area contributed by atoms with Crippen LogP contribution in [0.1, 0.15) is 5.56 Å². The molecule has 0 atom stereocenters. The van der Waals surface area contributed by atoms with Crippen LogP contribution in [0.2, 0.25) is 0 Å². The molecule has 0 spiro atoms. The molecule has 0 bridgehead atoms. The smallest absolute Gasteiger partial charge is 0.191 e. The highest BCUT2D eigenvalue weighted by atomic mass is 31.2. The highest BCUT2D eigenvalue weighted by Crippen LogP contribution is 2.50. The van der Waals surface area contributed by atoms with Gasteiger partial charge in [-0.1, -0.05) is 71.8 Å². The van der Waals surface area contributed by atoms with Gasteiger partial charge in [-0.2, -0.15) is 4.68 Å². The number of tetrazole rings is 1. The normalized spacial score (nSPS) is 11.4. The lowest BCUT2D eigenvalue weighted by Gasteiger charge is -2.21. The molecule has 128 valence electrons. The van der Waals surface area contributed by atoms with Crippen molar-refractivity contribution in [1.29, 1.82) is 0 Å². The number of rotatable bonds is 5. The van der Waals surface area contributed by atoms with Gasteiger partial charge in [0.2, 0.25) is 0 Å². The number of hydrogen-bond donors (Lipinski definition) is 0. The molecule has 0 radical (unpaired) electrons. The van der Waals surface area contributed by atoms with E-state index in [1.807, 2.05) is 35.0 Å². The average Bonchev–Trinajstić information content (AvgIpc) is 3.18. The lowest BCUT2D eigenvalue weighted by Crippen LogP contribution is -2.36. The first-order chi connectivity index (χ1) is 12.8. The van der Waals surface area contributed by atoms with Gasteiger partial charge in [0.25, 0.3) is 0 Å². The minimum absolute atomic E-state index is 0.665. The molecule has 26 heavy (non-hydrogen) atoms. The lowest BCUT2D eigenvalue weighted by molar-refractivity contribution is 0.660. The van der Waals surface area contributed by atoms with Crippen molar-refractivity contribution in [2.75, 3.05) is 6.66 Å². The van der Waals surface area contributed by atoms with Crippen molar-refractivity contribution in [3.05, 3.63) is 96.6 Å². The van der Waals surface area contributed by atoms with Crippen LogP contribution in [0.4, 0.5) is 0 Å². The van der Waals surface area contributed by atoms with Gasteiger partial charge in [-0.25, -0.2) is 0 Å². The van der Waals surface area contributed by atoms with Gasteiger partial charge in [0.1, 0.15) is 10.6 Å². The summed E-state index contributed by atoms with van der Waals surface area (Å²) in [6.07, 6.45) is 0. The SMILES string of the molecule is C[P+](c1ccccc1)(c1ccccc1)c1nnnn1Cc1ccccc1. The molecule has 4 aromatic rings. The topological polar surface area (TPSA) is 43.6 Å². The van der Waals surface area contributed by atoms with Crippen LogP contribution in [0, 0.1) is 0 Å². The predicted octanol–water partition coefficient (Wildman–Crippen LogP) is 2.65. The number of aromatic nitrogens is 4. The summed E-state index contributed by atoms with van der Waals surface area (Å²) in [4.78, 5) is 0. The van der Waals surface area contributed by atoms with E-state index in [9.17, 15) is 0 Å². The van der Waals surface area contributed by atoms with E-state index >= 15 is 0 Å². The molecule has 0 fully saturated rings. The van der Waals surface area contributed by atoms with Crippen molar-refractivity contribution >= 4 is 23.4 Å². The van der Waals surface area contributed by atoms with Crippen LogP contribution in [-0.2, 0) is 6.54 Å². The molecule has 5 heteroatoms. The Hall–Kier alpha value is -2.84. The Balaban J connectivity index is 1.85. The molecular weight excluding hydrogens is 339 g/mol. The maximum atomic E-state index is 4.49. The second kappa shape index (κ2) is 7.19. The van der Waals surface area contributed by atoms with Gasteiger partial charge in [-0.15, -0.1) is 0 Å². The Morgan fingerprint density at radius 3 is 1.77 bits per heavy atom. The number of nitrogens with zero attached hydrogens (tertiary/aromatic N) is 4. The van der Waals surface area contributed by atoms with Gasteiger partial charge in [-0.05, 0) is 40.3 Å². The molecule has 4 nitrogen and oxygen atoms in total. The molecule has 0 saturated heterocycles. The Kier molecular flexibility index (Phi) is 4.59. The van der Waals surface area contributed by atoms with Gasteiger partial charge < -0.3 is 0 Å². The Bertz CT molecular complexity index is 929. The quantitative estimate of drug-likeness (QED) is 0.515. The summed E-state index contributed by atoms with van der Waals surface area (Å²) in [5, 5.41) is 15.4. The zero-order valence-electron chi connectivity index (χ0n) is 14.6. The van der Waals surface area contributed by atoms with Crippen LogP contribution < -0.4 is 16.2 Å². The predicted molar refractivity (Wildman–Crippen MR) is 108 cm³/mol. The fourth-order valence-corrected chi connectivity index (χ4v) is 6.30. The van der Waals surface area contributed by atoms with Crippen molar-refractivity contribution < 1.29 is 0 Å². The van der Waals surface area contributed by atoms with Crippen molar-refractivity contribution in [3.8, 4) is 0 Å².